The van der Waals surface area contributed by atoms with E-state index in [1.54, 1.807) is 28.4 Å². The number of fused-ring (bicyclic) bond motifs is 8. The van der Waals surface area contributed by atoms with Gasteiger partial charge in [-0.25, -0.2) is 9.67 Å². The predicted octanol–water partition coefficient (Wildman–Crippen LogP) is 2.23. The third-order valence-corrected chi connectivity index (χ3v) is 10.7. The predicted molar refractivity (Wildman–Crippen MR) is 170 cm³/mol. The fourth-order valence-corrected chi connectivity index (χ4v) is 7.92. The molecule has 7 heterocycles. The molecule has 2 fully saturated rings. The van der Waals surface area contributed by atoms with Gasteiger partial charge in [-0.1, -0.05) is 11.3 Å². The van der Waals surface area contributed by atoms with Crippen molar-refractivity contribution in [2.45, 2.75) is 95.8 Å². The van der Waals surface area contributed by atoms with E-state index in [0.29, 0.717) is 44.2 Å². The van der Waals surface area contributed by atoms with Crippen molar-refractivity contribution in [2.24, 2.45) is 0 Å². The van der Waals surface area contributed by atoms with E-state index in [-0.39, 0.29) is 42.9 Å². The highest BCUT2D eigenvalue weighted by Gasteiger charge is 2.40. The first-order valence-electron chi connectivity index (χ1n) is 16.0. The number of carbonyl (C=O) groups is 3. The van der Waals surface area contributed by atoms with Crippen molar-refractivity contribution in [1.29, 1.82) is 0 Å². The molecule has 2 N–H and O–H groups in total. The van der Waals surface area contributed by atoms with Gasteiger partial charge in [-0.15, -0.1) is 16.4 Å². The first kappa shape index (κ1) is 31.3. The van der Waals surface area contributed by atoms with Gasteiger partial charge in [-0.05, 0) is 58.1 Å². The van der Waals surface area contributed by atoms with E-state index in [1.807, 2.05) is 30.2 Å². The smallest absolute Gasteiger partial charge is 0.245 e. The molecule has 0 radical (unpaired) electrons. The number of nitrogens with zero attached hydrogens (tertiary/aromatic N) is 7. The zero-order chi connectivity index (χ0) is 31.6. The van der Waals surface area contributed by atoms with Gasteiger partial charge in [0.2, 0.25) is 17.7 Å². The van der Waals surface area contributed by atoms with Crippen LogP contribution in [0.5, 0.6) is 0 Å². The number of hydrogen-bond acceptors (Lipinski definition) is 9. The summed E-state index contributed by atoms with van der Waals surface area (Å²) in [7, 11) is 0. The number of thiazole rings is 1. The van der Waals surface area contributed by atoms with E-state index < -0.39 is 11.6 Å². The first-order valence-corrected chi connectivity index (χ1v) is 16.9. The molecular formula is C32H43N9O3S. The molecule has 4 aliphatic heterocycles. The molecule has 3 aromatic heterocycles. The SMILES string of the molecule is Cc1sc2nc1CC(=O)NC1(CCN(C(C)C)CC1)CC(=O)N[C@H](Cc1cn(Cc3cccnc3)nn1)C(=O)N1CCC2CC1. The molecule has 1 atom stereocenters. The zero-order valence-electron chi connectivity index (χ0n) is 26.4. The maximum absolute atomic E-state index is 14.0. The topological polar surface area (TPSA) is 138 Å². The third-order valence-electron chi connectivity index (χ3n) is 9.48. The lowest BCUT2D eigenvalue weighted by molar-refractivity contribution is -0.138. The minimum atomic E-state index is -0.789. The Kier molecular flexibility index (Phi) is 9.27. The monoisotopic (exact) mass is 633 g/mol. The van der Waals surface area contributed by atoms with Gasteiger partial charge in [0.15, 0.2) is 0 Å². The maximum Gasteiger partial charge on any atom is 0.245 e. The van der Waals surface area contributed by atoms with E-state index >= 15 is 0 Å². The normalized spacial score (nSPS) is 21.8. The Morgan fingerprint density at radius 1 is 1.09 bits per heavy atom. The number of pyridine rings is 1. The Bertz CT molecular complexity index is 1500. The van der Waals surface area contributed by atoms with E-state index in [4.69, 9.17) is 4.98 Å². The van der Waals surface area contributed by atoms with Crippen LogP contribution in [0.15, 0.2) is 30.7 Å². The molecular weight excluding hydrogens is 590 g/mol. The Labute approximate surface area is 268 Å². The fourth-order valence-electron chi connectivity index (χ4n) is 6.81. The molecule has 0 unspecified atom stereocenters. The minimum Gasteiger partial charge on any atom is -0.350 e. The average molecular weight is 634 g/mol. The summed E-state index contributed by atoms with van der Waals surface area (Å²) in [5.74, 6) is -0.224. The molecule has 0 saturated carbocycles. The number of hydrogen-bond donors (Lipinski definition) is 2. The lowest BCUT2D eigenvalue weighted by Gasteiger charge is -2.43. The minimum absolute atomic E-state index is 0.103. The summed E-state index contributed by atoms with van der Waals surface area (Å²) in [5, 5.41) is 16.0. The van der Waals surface area contributed by atoms with E-state index in [2.05, 4.69) is 44.7 Å². The lowest BCUT2D eigenvalue weighted by Crippen LogP contribution is -2.59. The number of aryl methyl sites for hydroxylation is 1. The summed E-state index contributed by atoms with van der Waals surface area (Å²) >= 11 is 1.66. The Balaban J connectivity index is 1.26. The standard InChI is InChI=1S/C32H43N9O3S/c1-21(2)39-13-8-32(9-14-39)17-29(43)34-27(15-25-20-41(38-37-25)19-23-5-4-10-33-18-23)31(44)40-11-6-24(7-12-40)30-35-26(22(3)45-30)16-28(42)36-32/h4-5,10,18,20-21,24,27H,6-9,11-17,19H2,1-3H3,(H,34,43)(H,36,42)/t27-/m1/s1. The second-order valence-electron chi connectivity index (χ2n) is 13.1. The Morgan fingerprint density at radius 3 is 2.58 bits per heavy atom. The summed E-state index contributed by atoms with van der Waals surface area (Å²) in [6, 6.07) is 3.44. The van der Waals surface area contributed by atoms with Crippen molar-refractivity contribution in [3.8, 4) is 0 Å². The molecule has 4 aliphatic rings. The van der Waals surface area contributed by atoms with E-state index in [1.165, 1.54) is 0 Å². The summed E-state index contributed by atoms with van der Waals surface area (Å²) in [6.07, 6.45) is 8.76. The van der Waals surface area contributed by atoms with Crippen molar-refractivity contribution in [3.63, 3.8) is 0 Å². The van der Waals surface area contributed by atoms with Crippen molar-refractivity contribution in [2.75, 3.05) is 26.2 Å². The van der Waals surface area contributed by atoms with Crippen LogP contribution in [-0.2, 0) is 33.8 Å². The average Bonchev–Trinajstić information content (AvgIpc) is 3.62. The molecule has 2 saturated heterocycles. The Hall–Kier alpha value is -3.71. The number of aromatic nitrogens is 5. The first-order chi connectivity index (χ1) is 21.7. The van der Waals surface area contributed by atoms with Gasteiger partial charge in [-0.3, -0.25) is 19.4 Å². The third kappa shape index (κ3) is 7.41. The van der Waals surface area contributed by atoms with Crippen molar-refractivity contribution in [1.82, 2.24) is 45.4 Å². The van der Waals surface area contributed by atoms with Crippen LogP contribution in [0.2, 0.25) is 0 Å². The molecule has 13 heteroatoms. The van der Waals surface area contributed by atoms with Crippen LogP contribution in [-0.4, -0.2) is 96.3 Å². The molecule has 1 spiro atoms. The molecule has 240 valence electrons. The highest BCUT2D eigenvalue weighted by atomic mass is 32.1. The summed E-state index contributed by atoms with van der Waals surface area (Å²) < 4.78 is 1.72. The lowest BCUT2D eigenvalue weighted by atomic mass is 9.83. The second kappa shape index (κ2) is 13.3. The van der Waals surface area contributed by atoms with Crippen molar-refractivity contribution >= 4 is 29.1 Å². The van der Waals surface area contributed by atoms with Gasteiger partial charge in [0, 0.05) is 74.4 Å². The van der Waals surface area contributed by atoms with Gasteiger partial charge < -0.3 is 20.4 Å². The molecule has 0 aromatic carbocycles. The highest BCUT2D eigenvalue weighted by Crippen LogP contribution is 2.34. The van der Waals surface area contributed by atoms with Gasteiger partial charge in [0.25, 0.3) is 0 Å². The summed E-state index contributed by atoms with van der Waals surface area (Å²) in [5.41, 5.74) is 1.73. The molecule has 4 bridgehead atoms. The largest absolute Gasteiger partial charge is 0.350 e. The quantitative estimate of drug-likeness (QED) is 0.437. The van der Waals surface area contributed by atoms with E-state index in [0.717, 1.165) is 47.1 Å². The van der Waals surface area contributed by atoms with Gasteiger partial charge >= 0.3 is 0 Å². The van der Waals surface area contributed by atoms with Crippen LogP contribution in [0.25, 0.3) is 0 Å². The van der Waals surface area contributed by atoms with Crippen LogP contribution in [0.4, 0.5) is 0 Å². The number of amides is 3. The van der Waals surface area contributed by atoms with Crippen LogP contribution in [0.3, 0.4) is 0 Å². The van der Waals surface area contributed by atoms with Crippen LogP contribution < -0.4 is 10.6 Å². The van der Waals surface area contributed by atoms with Gasteiger partial charge in [0.1, 0.15) is 6.04 Å². The summed E-state index contributed by atoms with van der Waals surface area (Å²) in [6.45, 7) is 9.60. The van der Waals surface area contributed by atoms with Crippen LogP contribution in [0, 0.1) is 6.92 Å². The number of piperidine rings is 2. The van der Waals surface area contributed by atoms with E-state index in [9.17, 15) is 14.4 Å². The number of carbonyl (C=O) groups excluding carboxylic acids is 3. The van der Waals surface area contributed by atoms with Crippen molar-refractivity contribution < 1.29 is 14.4 Å². The molecule has 12 nitrogen and oxygen atoms in total. The number of likely N-dealkylation sites (tertiary alicyclic amines) is 1. The molecule has 45 heavy (non-hydrogen) atoms. The van der Waals surface area contributed by atoms with Crippen molar-refractivity contribution in [3.05, 3.63) is 57.6 Å². The Morgan fingerprint density at radius 2 is 1.87 bits per heavy atom. The number of rotatable bonds is 5. The molecule has 0 aliphatic carbocycles. The highest BCUT2D eigenvalue weighted by molar-refractivity contribution is 7.11. The van der Waals surface area contributed by atoms with Crippen LogP contribution in [0.1, 0.15) is 78.7 Å². The molecule has 3 amide bonds. The van der Waals surface area contributed by atoms with Gasteiger partial charge in [0.05, 0.1) is 34.9 Å². The summed E-state index contributed by atoms with van der Waals surface area (Å²) in [4.78, 5) is 55.7. The van der Waals surface area contributed by atoms with Gasteiger partial charge in [-0.2, -0.15) is 0 Å². The fraction of sp³-hybridized carbons (Fsp3) is 0.594. The number of nitrogens with one attached hydrogen (secondary N) is 2. The molecule has 7 rings (SSSR count). The zero-order valence-corrected chi connectivity index (χ0v) is 27.2. The second-order valence-corrected chi connectivity index (χ2v) is 14.3. The maximum atomic E-state index is 14.0. The van der Waals surface area contributed by atoms with Crippen LogP contribution >= 0.6 is 11.3 Å². The molecule has 3 aromatic rings.